The van der Waals surface area contributed by atoms with Crippen molar-refractivity contribution in [3.8, 4) is 0 Å². The van der Waals surface area contributed by atoms with Crippen molar-refractivity contribution in [2.24, 2.45) is 4.99 Å². The quantitative estimate of drug-likeness (QED) is 0.425. The van der Waals surface area contributed by atoms with E-state index in [0.29, 0.717) is 35.9 Å². The monoisotopic (exact) mass is 586 g/mol. The summed E-state index contributed by atoms with van der Waals surface area (Å²) in [7, 11) is -3.34. The largest absolute Gasteiger partial charge is 0.443 e. The number of rotatable bonds is 4. The van der Waals surface area contributed by atoms with E-state index in [9.17, 15) is 18.0 Å². The normalized spacial score (nSPS) is 20.8. The molecule has 3 aliphatic rings. The molecule has 1 spiro atoms. The highest BCUT2D eigenvalue weighted by Gasteiger charge is 2.68. The molecule has 1 aromatic heterocycles. The molecular formula is C32H34N4O5S. The van der Waals surface area contributed by atoms with E-state index in [0.717, 1.165) is 27.8 Å². The molecule has 1 N–H and O–H groups in total. The molecule has 2 aliphatic heterocycles. The van der Waals surface area contributed by atoms with E-state index in [2.05, 4.69) is 21.4 Å². The molecule has 2 atom stereocenters. The number of carbonyl (C=O) groups is 2. The number of aryl methyl sites for hydroxylation is 2. The van der Waals surface area contributed by atoms with Gasteiger partial charge >= 0.3 is 6.09 Å². The molecule has 3 heterocycles. The number of nitrogens with zero attached hydrogens (tertiary/aromatic N) is 3. The maximum absolute atomic E-state index is 13.9. The Morgan fingerprint density at radius 1 is 1.14 bits per heavy atom. The number of amidine groups is 1. The van der Waals surface area contributed by atoms with Crippen LogP contribution in [0.1, 0.15) is 73.4 Å². The molecule has 0 radical (unpaired) electrons. The SMILES string of the molecule is CCS(=O)(=O)c1cnc(NC2=NCc3cc([C@@H]4C[C@@]45C(=O)N(C(=O)OC(C)(C)C)c4ccc(C)cc45)ccc32)c(C)c1. The van der Waals surface area contributed by atoms with Gasteiger partial charge in [0, 0.05) is 17.7 Å². The number of aliphatic imine (C=N–C) groups is 1. The van der Waals surface area contributed by atoms with Gasteiger partial charge in [0.1, 0.15) is 17.3 Å². The lowest BCUT2D eigenvalue weighted by Crippen LogP contribution is -2.41. The molecular weight excluding hydrogens is 552 g/mol. The topological polar surface area (TPSA) is 118 Å². The van der Waals surface area contributed by atoms with Crippen molar-refractivity contribution >= 4 is 39.2 Å². The van der Waals surface area contributed by atoms with Crippen molar-refractivity contribution < 1.29 is 22.7 Å². The smallest absolute Gasteiger partial charge is 0.421 e. The van der Waals surface area contributed by atoms with Gasteiger partial charge in [-0.2, -0.15) is 0 Å². The summed E-state index contributed by atoms with van der Waals surface area (Å²) in [5.41, 5.74) is 4.67. The van der Waals surface area contributed by atoms with Crippen LogP contribution in [0.5, 0.6) is 0 Å². The fraction of sp³-hybridized carbons (Fsp3) is 0.375. The van der Waals surface area contributed by atoms with Crippen molar-refractivity contribution in [2.75, 3.05) is 16.0 Å². The first kappa shape index (κ1) is 28.1. The zero-order chi connectivity index (χ0) is 30.2. The zero-order valence-electron chi connectivity index (χ0n) is 24.6. The maximum atomic E-state index is 13.9. The third-order valence-corrected chi connectivity index (χ3v) is 9.92. The van der Waals surface area contributed by atoms with Crippen LogP contribution < -0.4 is 10.2 Å². The lowest BCUT2D eigenvalue weighted by molar-refractivity contribution is -0.120. The van der Waals surface area contributed by atoms with Gasteiger partial charge in [0.2, 0.25) is 5.91 Å². The number of fused-ring (bicyclic) bond motifs is 3. The van der Waals surface area contributed by atoms with Gasteiger partial charge in [-0.1, -0.05) is 42.8 Å². The van der Waals surface area contributed by atoms with Gasteiger partial charge in [0.05, 0.1) is 28.3 Å². The van der Waals surface area contributed by atoms with E-state index in [1.54, 1.807) is 33.8 Å². The maximum Gasteiger partial charge on any atom is 0.421 e. The summed E-state index contributed by atoms with van der Waals surface area (Å²) in [5, 5.41) is 3.27. The summed E-state index contributed by atoms with van der Waals surface area (Å²) in [6, 6.07) is 13.5. The minimum absolute atomic E-state index is 0.0153. The van der Waals surface area contributed by atoms with Crippen LogP contribution in [-0.2, 0) is 31.3 Å². The number of imide groups is 1. The minimum atomic E-state index is -3.34. The van der Waals surface area contributed by atoms with E-state index in [4.69, 9.17) is 4.74 Å². The molecule has 0 saturated heterocycles. The van der Waals surface area contributed by atoms with Gasteiger partial charge in [-0.05, 0) is 75.4 Å². The Bertz CT molecular complexity index is 1810. The Balaban J connectivity index is 1.26. The fourth-order valence-electron chi connectivity index (χ4n) is 5.99. The van der Waals surface area contributed by atoms with Crippen LogP contribution in [0.3, 0.4) is 0 Å². The fourth-order valence-corrected chi connectivity index (χ4v) is 6.89. The second-order valence-electron chi connectivity index (χ2n) is 12.3. The third-order valence-electron chi connectivity index (χ3n) is 8.22. The Labute approximate surface area is 245 Å². The molecule has 1 aliphatic carbocycles. The van der Waals surface area contributed by atoms with E-state index in [1.165, 1.54) is 11.1 Å². The number of sulfone groups is 1. The van der Waals surface area contributed by atoms with Crippen LogP contribution >= 0.6 is 0 Å². The summed E-state index contributed by atoms with van der Waals surface area (Å²) in [6.07, 6.45) is 1.34. The molecule has 2 amide bonds. The van der Waals surface area contributed by atoms with Crippen molar-refractivity contribution in [3.63, 3.8) is 0 Å². The molecule has 1 fully saturated rings. The lowest BCUT2D eigenvalue weighted by Gasteiger charge is -2.24. The number of aromatic nitrogens is 1. The van der Waals surface area contributed by atoms with Gasteiger partial charge < -0.3 is 10.1 Å². The van der Waals surface area contributed by atoms with Crippen molar-refractivity contribution in [1.29, 1.82) is 0 Å². The van der Waals surface area contributed by atoms with Crippen LogP contribution in [0.4, 0.5) is 16.3 Å². The predicted octanol–water partition coefficient (Wildman–Crippen LogP) is 5.57. The Morgan fingerprint density at radius 3 is 2.60 bits per heavy atom. The van der Waals surface area contributed by atoms with Crippen molar-refractivity contribution in [3.05, 3.63) is 82.0 Å². The van der Waals surface area contributed by atoms with E-state index >= 15 is 0 Å². The standard InChI is InChI=1S/C32H34N4O5S/c1-7-42(39,40)22-13-19(3)27(34-17-22)35-28-23-10-9-20(14-21(23)16-33-28)25-15-32(25)24-12-18(2)8-11-26(24)36(29(32)37)30(38)41-31(4,5)6/h8-14,17,25H,7,15-16H2,1-6H3,(H,33,34,35)/t25-,32-/m0/s1. The van der Waals surface area contributed by atoms with Crippen LogP contribution in [0.25, 0.3) is 0 Å². The Hall–Kier alpha value is -4.05. The van der Waals surface area contributed by atoms with E-state index in [-0.39, 0.29) is 22.5 Å². The molecule has 6 rings (SSSR count). The molecule has 2 aromatic carbocycles. The van der Waals surface area contributed by atoms with Crippen LogP contribution in [0, 0.1) is 13.8 Å². The number of nitrogens with one attached hydrogen (secondary N) is 1. The number of anilines is 2. The van der Waals surface area contributed by atoms with E-state index in [1.807, 2.05) is 44.2 Å². The number of amides is 2. The summed E-state index contributed by atoms with van der Waals surface area (Å²) >= 11 is 0. The number of benzene rings is 2. The highest BCUT2D eigenvalue weighted by Crippen LogP contribution is 2.66. The van der Waals surface area contributed by atoms with Crippen molar-refractivity contribution in [1.82, 2.24) is 4.98 Å². The molecule has 0 bridgehead atoms. The molecule has 218 valence electrons. The first-order chi connectivity index (χ1) is 19.7. The lowest BCUT2D eigenvalue weighted by atomic mass is 9.90. The molecule has 0 unspecified atom stereocenters. The van der Waals surface area contributed by atoms with Gasteiger partial charge in [0.15, 0.2) is 9.84 Å². The number of ether oxygens (including phenoxy) is 1. The Morgan fingerprint density at radius 2 is 1.90 bits per heavy atom. The molecule has 9 nitrogen and oxygen atoms in total. The van der Waals surface area contributed by atoms with Gasteiger partial charge in [-0.15, -0.1) is 0 Å². The van der Waals surface area contributed by atoms with Crippen molar-refractivity contribution in [2.45, 2.75) is 76.3 Å². The first-order valence-electron chi connectivity index (χ1n) is 14.1. The Kier molecular flexibility index (Phi) is 6.34. The van der Waals surface area contributed by atoms with Crippen LogP contribution in [0.2, 0.25) is 0 Å². The zero-order valence-corrected chi connectivity index (χ0v) is 25.4. The van der Waals surface area contributed by atoms with Crippen LogP contribution in [-0.4, -0.2) is 42.6 Å². The molecule has 3 aromatic rings. The van der Waals surface area contributed by atoms with Gasteiger partial charge in [-0.3, -0.25) is 9.79 Å². The number of hydrogen-bond donors (Lipinski definition) is 1. The minimum Gasteiger partial charge on any atom is -0.443 e. The summed E-state index contributed by atoms with van der Waals surface area (Å²) in [5.74, 6) is 0.917. The number of carbonyl (C=O) groups excluding carboxylic acids is 2. The highest BCUT2D eigenvalue weighted by atomic mass is 32.2. The summed E-state index contributed by atoms with van der Waals surface area (Å²) in [6.45, 7) is 11.2. The average molecular weight is 587 g/mol. The first-order valence-corrected chi connectivity index (χ1v) is 15.7. The average Bonchev–Trinajstić information content (AvgIpc) is 3.49. The number of hydrogen-bond acceptors (Lipinski definition) is 8. The van der Waals surface area contributed by atoms with Gasteiger partial charge in [0.25, 0.3) is 0 Å². The third kappa shape index (κ3) is 4.48. The molecule has 1 saturated carbocycles. The van der Waals surface area contributed by atoms with E-state index < -0.39 is 26.9 Å². The summed E-state index contributed by atoms with van der Waals surface area (Å²) < 4.78 is 30.1. The van der Waals surface area contributed by atoms with Crippen LogP contribution in [0.15, 0.2) is 58.5 Å². The van der Waals surface area contributed by atoms with Gasteiger partial charge in [-0.25, -0.2) is 23.1 Å². The summed E-state index contributed by atoms with van der Waals surface area (Å²) in [4.78, 5) is 37.5. The predicted molar refractivity (Wildman–Crippen MR) is 161 cm³/mol. The highest BCUT2D eigenvalue weighted by molar-refractivity contribution is 7.91. The molecule has 10 heteroatoms. The molecule has 42 heavy (non-hydrogen) atoms. The number of pyridine rings is 1. The second-order valence-corrected chi connectivity index (χ2v) is 14.6. The second kappa shape index (κ2) is 9.49.